The first-order valence-corrected chi connectivity index (χ1v) is 7.66. The highest BCUT2D eigenvalue weighted by atomic mass is 35.5. The third kappa shape index (κ3) is 2.22. The maximum atomic E-state index is 12.7. The Hall–Kier alpha value is -1.53. The zero-order valence-corrected chi connectivity index (χ0v) is 13.1. The molecule has 1 unspecified atom stereocenters. The van der Waals surface area contributed by atoms with Gasteiger partial charge in [0.25, 0.3) is 0 Å². The van der Waals surface area contributed by atoms with Crippen LogP contribution in [0.2, 0.25) is 5.02 Å². The number of halogens is 1. The van der Waals surface area contributed by atoms with Crippen LogP contribution in [-0.2, 0) is 17.6 Å². The molecular formula is C17H18ClNO2. The molecular weight excluding hydrogens is 286 g/mol. The summed E-state index contributed by atoms with van der Waals surface area (Å²) in [5.74, 6) is 0.871. The van der Waals surface area contributed by atoms with Gasteiger partial charge in [-0.2, -0.15) is 5.26 Å². The van der Waals surface area contributed by atoms with E-state index in [1.807, 2.05) is 26.0 Å². The van der Waals surface area contributed by atoms with Crippen molar-refractivity contribution in [1.29, 1.82) is 5.26 Å². The molecule has 1 atom stereocenters. The van der Waals surface area contributed by atoms with Crippen LogP contribution in [0, 0.1) is 22.2 Å². The summed E-state index contributed by atoms with van der Waals surface area (Å²) in [7, 11) is 0. The molecule has 1 aliphatic carbocycles. The van der Waals surface area contributed by atoms with Crippen LogP contribution < -0.4 is 4.74 Å². The third-order valence-corrected chi connectivity index (χ3v) is 4.98. The van der Waals surface area contributed by atoms with Crippen LogP contribution in [0.3, 0.4) is 0 Å². The summed E-state index contributed by atoms with van der Waals surface area (Å²) < 4.78 is 5.69. The maximum Gasteiger partial charge on any atom is 0.158 e. The molecule has 1 aromatic rings. The molecule has 1 fully saturated rings. The number of benzene rings is 1. The number of ketones is 1. The molecule has 0 radical (unpaired) electrons. The van der Waals surface area contributed by atoms with E-state index in [2.05, 4.69) is 6.07 Å². The van der Waals surface area contributed by atoms with Crippen LogP contribution >= 0.6 is 11.6 Å². The van der Waals surface area contributed by atoms with Gasteiger partial charge < -0.3 is 4.74 Å². The highest BCUT2D eigenvalue weighted by Gasteiger charge is 2.52. The van der Waals surface area contributed by atoms with Crippen molar-refractivity contribution in [3.8, 4) is 11.8 Å². The molecule has 0 bridgehead atoms. The molecule has 4 heteroatoms. The van der Waals surface area contributed by atoms with E-state index in [0.717, 1.165) is 29.7 Å². The quantitative estimate of drug-likeness (QED) is 0.836. The number of ether oxygens (including phenoxy) is 1. The molecule has 0 amide bonds. The van der Waals surface area contributed by atoms with Gasteiger partial charge in [-0.1, -0.05) is 25.4 Å². The van der Waals surface area contributed by atoms with E-state index in [0.29, 0.717) is 24.5 Å². The minimum atomic E-state index is -0.937. The van der Waals surface area contributed by atoms with E-state index < -0.39 is 10.8 Å². The van der Waals surface area contributed by atoms with Gasteiger partial charge in [0.05, 0.1) is 12.7 Å². The molecule has 1 aromatic carbocycles. The average molecular weight is 304 g/mol. The molecule has 1 heterocycles. The second-order valence-corrected chi connectivity index (χ2v) is 7.17. The second kappa shape index (κ2) is 4.74. The highest BCUT2D eigenvalue weighted by Crippen LogP contribution is 2.49. The molecule has 0 N–H and O–H groups in total. The molecule has 3 nitrogen and oxygen atoms in total. The second-order valence-electron chi connectivity index (χ2n) is 6.74. The number of hydrogen-bond donors (Lipinski definition) is 0. The molecule has 1 aliphatic heterocycles. The zero-order valence-electron chi connectivity index (χ0n) is 12.3. The first kappa shape index (κ1) is 14.4. The molecule has 0 spiro atoms. The van der Waals surface area contributed by atoms with Crippen molar-refractivity contribution in [1.82, 2.24) is 0 Å². The van der Waals surface area contributed by atoms with Gasteiger partial charge in [0.2, 0.25) is 0 Å². The largest absolute Gasteiger partial charge is 0.493 e. The Labute approximate surface area is 129 Å². The van der Waals surface area contributed by atoms with E-state index in [1.165, 1.54) is 0 Å². The van der Waals surface area contributed by atoms with Gasteiger partial charge in [0, 0.05) is 23.3 Å². The van der Waals surface area contributed by atoms with E-state index in [1.54, 1.807) is 0 Å². The van der Waals surface area contributed by atoms with Gasteiger partial charge in [-0.05, 0) is 36.1 Å². The highest BCUT2D eigenvalue weighted by molar-refractivity contribution is 6.30. The standard InChI is InChI=1S/C17H18ClNO2/c1-16(2)4-5-17(10-19,15(16)20)9-12-8-13(18)7-11-3-6-21-14(11)12/h7-8H,3-6,9H2,1-2H3. The maximum absolute atomic E-state index is 12.7. The molecule has 1 saturated carbocycles. The fourth-order valence-electron chi connectivity index (χ4n) is 3.52. The van der Waals surface area contributed by atoms with Crippen LogP contribution in [0.15, 0.2) is 12.1 Å². The SMILES string of the molecule is CC1(C)CCC(C#N)(Cc2cc(Cl)cc3c2OCC3)C1=O. The summed E-state index contributed by atoms with van der Waals surface area (Å²) in [5.41, 5.74) is 0.615. The Morgan fingerprint density at radius 1 is 1.38 bits per heavy atom. The van der Waals surface area contributed by atoms with Crippen molar-refractivity contribution >= 4 is 17.4 Å². The lowest BCUT2D eigenvalue weighted by Crippen LogP contribution is -2.33. The van der Waals surface area contributed by atoms with Crippen LogP contribution in [0.4, 0.5) is 0 Å². The first-order chi connectivity index (χ1) is 9.88. The van der Waals surface area contributed by atoms with Gasteiger partial charge in [-0.25, -0.2) is 0 Å². The van der Waals surface area contributed by atoms with Crippen LogP contribution in [0.1, 0.15) is 37.8 Å². The van der Waals surface area contributed by atoms with Crippen molar-refractivity contribution in [3.05, 3.63) is 28.3 Å². The van der Waals surface area contributed by atoms with Gasteiger partial charge in [0.1, 0.15) is 11.2 Å². The van der Waals surface area contributed by atoms with Gasteiger partial charge in [-0.3, -0.25) is 4.79 Å². The van der Waals surface area contributed by atoms with Crippen LogP contribution in [0.25, 0.3) is 0 Å². The lowest BCUT2D eigenvalue weighted by Gasteiger charge is -2.23. The Bertz CT molecular complexity index is 659. The molecule has 2 aliphatic rings. The Morgan fingerprint density at radius 3 is 2.76 bits per heavy atom. The molecule has 3 rings (SSSR count). The average Bonchev–Trinajstić information content (AvgIpc) is 2.98. The zero-order chi connectivity index (χ0) is 15.3. The fourth-order valence-corrected chi connectivity index (χ4v) is 3.78. The molecule has 110 valence electrons. The fraction of sp³-hybridized carbons (Fsp3) is 0.529. The van der Waals surface area contributed by atoms with Crippen molar-refractivity contribution in [2.24, 2.45) is 10.8 Å². The van der Waals surface area contributed by atoms with Crippen molar-refractivity contribution < 1.29 is 9.53 Å². The number of fused-ring (bicyclic) bond motifs is 1. The number of hydrogen-bond acceptors (Lipinski definition) is 3. The van der Waals surface area contributed by atoms with E-state index >= 15 is 0 Å². The van der Waals surface area contributed by atoms with Crippen molar-refractivity contribution in [2.75, 3.05) is 6.61 Å². The van der Waals surface area contributed by atoms with Crippen molar-refractivity contribution in [2.45, 2.75) is 39.5 Å². The summed E-state index contributed by atoms with van der Waals surface area (Å²) in [6.45, 7) is 4.49. The predicted molar refractivity (Wildman–Crippen MR) is 80.4 cm³/mol. The number of Topliss-reactive ketones (excluding diaryl/α,β-unsaturated/α-hetero) is 1. The molecule has 21 heavy (non-hydrogen) atoms. The van der Waals surface area contributed by atoms with Crippen molar-refractivity contribution in [3.63, 3.8) is 0 Å². The minimum Gasteiger partial charge on any atom is -0.493 e. The summed E-state index contributed by atoms with van der Waals surface area (Å²) >= 11 is 6.17. The monoisotopic (exact) mass is 303 g/mol. The lowest BCUT2D eigenvalue weighted by molar-refractivity contribution is -0.130. The molecule has 0 saturated heterocycles. The van der Waals surface area contributed by atoms with E-state index in [-0.39, 0.29) is 5.78 Å². The molecule has 0 aromatic heterocycles. The first-order valence-electron chi connectivity index (χ1n) is 7.28. The Kier molecular flexibility index (Phi) is 3.26. The number of nitriles is 1. The number of nitrogens with zero attached hydrogens (tertiary/aromatic N) is 1. The normalized spacial score (nSPS) is 26.3. The Morgan fingerprint density at radius 2 is 2.14 bits per heavy atom. The van der Waals surface area contributed by atoms with Crippen LogP contribution in [0.5, 0.6) is 5.75 Å². The van der Waals surface area contributed by atoms with Gasteiger partial charge >= 0.3 is 0 Å². The van der Waals surface area contributed by atoms with Gasteiger partial charge in [-0.15, -0.1) is 0 Å². The number of carbonyl (C=O) groups is 1. The van der Waals surface area contributed by atoms with E-state index in [4.69, 9.17) is 16.3 Å². The minimum absolute atomic E-state index is 0.0456. The predicted octanol–water partition coefficient (Wildman–Crippen LogP) is 3.72. The van der Waals surface area contributed by atoms with Gasteiger partial charge in [0.15, 0.2) is 5.78 Å². The lowest BCUT2D eigenvalue weighted by atomic mass is 9.76. The number of rotatable bonds is 2. The summed E-state index contributed by atoms with van der Waals surface area (Å²) in [6, 6.07) is 6.04. The van der Waals surface area contributed by atoms with E-state index in [9.17, 15) is 10.1 Å². The summed E-state index contributed by atoms with van der Waals surface area (Å²) in [6.07, 6.45) is 2.59. The smallest absolute Gasteiger partial charge is 0.158 e. The third-order valence-electron chi connectivity index (χ3n) is 4.76. The topological polar surface area (TPSA) is 50.1 Å². The number of carbonyl (C=O) groups excluding carboxylic acids is 1. The summed E-state index contributed by atoms with van der Waals surface area (Å²) in [5, 5.41) is 10.3. The summed E-state index contributed by atoms with van der Waals surface area (Å²) in [4.78, 5) is 12.7. The Balaban J connectivity index is 2.01. The van der Waals surface area contributed by atoms with Crippen LogP contribution in [-0.4, -0.2) is 12.4 Å².